The Morgan fingerprint density at radius 3 is 2.58 bits per heavy atom. The van der Waals surface area contributed by atoms with Gasteiger partial charge in [0.05, 0.1) is 0 Å². The SMILES string of the molecule is Cc1cccc(OCC(=O)NCCCN(C)c2ccccc2)c1C. The number of hydrogen-bond acceptors (Lipinski definition) is 3. The number of aryl methyl sites for hydroxylation is 1. The van der Waals surface area contributed by atoms with Crippen LogP contribution in [-0.2, 0) is 4.79 Å². The predicted molar refractivity (Wildman–Crippen MR) is 98.7 cm³/mol. The first-order valence-electron chi connectivity index (χ1n) is 8.30. The first kappa shape index (κ1) is 17.9. The monoisotopic (exact) mass is 326 g/mol. The smallest absolute Gasteiger partial charge is 0.257 e. The van der Waals surface area contributed by atoms with Crippen LogP contribution in [0.2, 0.25) is 0 Å². The van der Waals surface area contributed by atoms with Gasteiger partial charge in [0, 0.05) is 25.8 Å². The van der Waals surface area contributed by atoms with E-state index in [1.165, 1.54) is 5.69 Å². The summed E-state index contributed by atoms with van der Waals surface area (Å²) < 4.78 is 5.60. The summed E-state index contributed by atoms with van der Waals surface area (Å²) in [5, 5.41) is 2.90. The van der Waals surface area contributed by atoms with Gasteiger partial charge < -0.3 is 15.0 Å². The molecule has 0 fully saturated rings. The van der Waals surface area contributed by atoms with Gasteiger partial charge in [0.25, 0.3) is 5.91 Å². The van der Waals surface area contributed by atoms with Crippen LogP contribution >= 0.6 is 0 Å². The van der Waals surface area contributed by atoms with Crippen LogP contribution in [0.15, 0.2) is 48.5 Å². The molecule has 1 amide bonds. The highest BCUT2D eigenvalue weighted by atomic mass is 16.5. The fraction of sp³-hybridized carbons (Fsp3) is 0.350. The molecular formula is C20H26N2O2. The summed E-state index contributed by atoms with van der Waals surface area (Å²) in [5.74, 6) is 0.687. The summed E-state index contributed by atoms with van der Waals surface area (Å²) >= 11 is 0. The van der Waals surface area contributed by atoms with Crippen molar-refractivity contribution in [1.82, 2.24) is 5.32 Å². The zero-order chi connectivity index (χ0) is 17.4. The molecule has 1 N–H and O–H groups in total. The molecule has 2 rings (SSSR count). The van der Waals surface area contributed by atoms with Crippen molar-refractivity contribution in [3.05, 3.63) is 59.7 Å². The third kappa shape index (κ3) is 5.30. The average Bonchev–Trinajstić information content (AvgIpc) is 2.60. The summed E-state index contributed by atoms with van der Waals surface area (Å²) in [5.41, 5.74) is 3.42. The molecule has 0 spiro atoms. The van der Waals surface area contributed by atoms with E-state index < -0.39 is 0 Å². The van der Waals surface area contributed by atoms with Gasteiger partial charge in [-0.25, -0.2) is 0 Å². The van der Waals surface area contributed by atoms with Crippen molar-refractivity contribution < 1.29 is 9.53 Å². The number of ether oxygens (including phenoxy) is 1. The number of amides is 1. The largest absolute Gasteiger partial charge is 0.483 e. The minimum Gasteiger partial charge on any atom is -0.483 e. The zero-order valence-corrected chi connectivity index (χ0v) is 14.7. The van der Waals surface area contributed by atoms with Crippen molar-refractivity contribution in [2.24, 2.45) is 0 Å². The lowest BCUT2D eigenvalue weighted by Gasteiger charge is -2.19. The van der Waals surface area contributed by atoms with Crippen molar-refractivity contribution in [3.8, 4) is 5.75 Å². The molecule has 0 saturated heterocycles. The van der Waals surface area contributed by atoms with E-state index in [-0.39, 0.29) is 12.5 Å². The van der Waals surface area contributed by atoms with Crippen LogP contribution in [0.1, 0.15) is 17.5 Å². The fourth-order valence-electron chi connectivity index (χ4n) is 2.43. The lowest BCUT2D eigenvalue weighted by atomic mass is 10.1. The molecule has 2 aromatic carbocycles. The van der Waals surface area contributed by atoms with Crippen LogP contribution < -0.4 is 15.0 Å². The molecule has 4 heteroatoms. The van der Waals surface area contributed by atoms with Crippen LogP contribution in [0.4, 0.5) is 5.69 Å². The first-order chi connectivity index (χ1) is 11.6. The van der Waals surface area contributed by atoms with Gasteiger partial charge in [0.2, 0.25) is 0 Å². The maximum absolute atomic E-state index is 11.9. The summed E-state index contributed by atoms with van der Waals surface area (Å²) in [4.78, 5) is 14.1. The Morgan fingerprint density at radius 1 is 1.08 bits per heavy atom. The summed E-state index contributed by atoms with van der Waals surface area (Å²) in [7, 11) is 2.06. The molecule has 0 aliphatic carbocycles. The Balaban J connectivity index is 1.66. The van der Waals surface area contributed by atoms with Gasteiger partial charge in [0.15, 0.2) is 6.61 Å². The summed E-state index contributed by atoms with van der Waals surface area (Å²) in [6.45, 7) is 5.63. The molecule has 0 aliphatic rings. The van der Waals surface area contributed by atoms with E-state index in [9.17, 15) is 4.79 Å². The van der Waals surface area contributed by atoms with Gasteiger partial charge in [0.1, 0.15) is 5.75 Å². The highest BCUT2D eigenvalue weighted by Gasteiger charge is 2.06. The van der Waals surface area contributed by atoms with Crippen molar-refractivity contribution in [1.29, 1.82) is 0 Å². The number of anilines is 1. The highest BCUT2D eigenvalue weighted by Crippen LogP contribution is 2.20. The number of para-hydroxylation sites is 1. The molecule has 0 unspecified atom stereocenters. The Labute approximate surface area is 144 Å². The minimum absolute atomic E-state index is 0.0544. The second-order valence-corrected chi connectivity index (χ2v) is 5.95. The fourth-order valence-corrected chi connectivity index (χ4v) is 2.43. The number of hydrogen-bond donors (Lipinski definition) is 1. The molecule has 0 radical (unpaired) electrons. The Hall–Kier alpha value is -2.49. The summed E-state index contributed by atoms with van der Waals surface area (Å²) in [6, 6.07) is 16.1. The van der Waals surface area contributed by atoms with E-state index in [0.717, 1.165) is 29.8 Å². The molecule has 128 valence electrons. The highest BCUT2D eigenvalue weighted by molar-refractivity contribution is 5.77. The number of carbonyl (C=O) groups is 1. The molecule has 0 atom stereocenters. The zero-order valence-electron chi connectivity index (χ0n) is 14.7. The number of benzene rings is 2. The topological polar surface area (TPSA) is 41.6 Å². The van der Waals surface area contributed by atoms with Crippen LogP contribution in [0.5, 0.6) is 5.75 Å². The number of carbonyl (C=O) groups excluding carboxylic acids is 1. The van der Waals surface area contributed by atoms with E-state index in [0.29, 0.717) is 6.54 Å². The Morgan fingerprint density at radius 2 is 1.83 bits per heavy atom. The van der Waals surface area contributed by atoms with Crippen molar-refractivity contribution in [2.45, 2.75) is 20.3 Å². The maximum atomic E-state index is 11.9. The van der Waals surface area contributed by atoms with Crippen LogP contribution in [0.3, 0.4) is 0 Å². The van der Waals surface area contributed by atoms with E-state index in [1.54, 1.807) is 0 Å². The Bertz CT molecular complexity index is 656. The number of nitrogens with one attached hydrogen (secondary N) is 1. The van der Waals surface area contributed by atoms with Gasteiger partial charge >= 0.3 is 0 Å². The van der Waals surface area contributed by atoms with E-state index in [2.05, 4.69) is 29.4 Å². The van der Waals surface area contributed by atoms with Gasteiger partial charge in [-0.3, -0.25) is 4.79 Å². The minimum atomic E-state index is -0.0849. The molecule has 0 bridgehead atoms. The third-order valence-corrected chi connectivity index (χ3v) is 4.10. The quantitative estimate of drug-likeness (QED) is 0.757. The number of rotatable bonds is 8. The average molecular weight is 326 g/mol. The standard InChI is InChI=1S/C20H26N2O2/c1-16-9-7-12-19(17(16)2)24-15-20(23)21-13-8-14-22(3)18-10-5-4-6-11-18/h4-7,9-12H,8,13-15H2,1-3H3,(H,21,23). The van der Waals surface area contributed by atoms with Crippen LogP contribution in [0.25, 0.3) is 0 Å². The van der Waals surface area contributed by atoms with E-state index in [1.807, 2.05) is 50.2 Å². The van der Waals surface area contributed by atoms with Crippen LogP contribution in [0, 0.1) is 13.8 Å². The van der Waals surface area contributed by atoms with Gasteiger partial charge in [-0.2, -0.15) is 0 Å². The molecule has 2 aromatic rings. The van der Waals surface area contributed by atoms with Crippen LogP contribution in [-0.4, -0.2) is 32.7 Å². The molecular weight excluding hydrogens is 300 g/mol. The molecule has 0 aromatic heterocycles. The van der Waals surface area contributed by atoms with Crippen molar-refractivity contribution >= 4 is 11.6 Å². The van der Waals surface area contributed by atoms with E-state index >= 15 is 0 Å². The third-order valence-electron chi connectivity index (χ3n) is 4.10. The second-order valence-electron chi connectivity index (χ2n) is 5.95. The van der Waals surface area contributed by atoms with Gasteiger partial charge in [-0.05, 0) is 49.6 Å². The second kappa shape index (κ2) is 8.96. The van der Waals surface area contributed by atoms with Crippen molar-refractivity contribution in [2.75, 3.05) is 31.6 Å². The predicted octanol–water partition coefficient (Wildman–Crippen LogP) is 3.32. The lowest BCUT2D eigenvalue weighted by molar-refractivity contribution is -0.123. The van der Waals surface area contributed by atoms with Crippen molar-refractivity contribution in [3.63, 3.8) is 0 Å². The first-order valence-corrected chi connectivity index (χ1v) is 8.30. The summed E-state index contributed by atoms with van der Waals surface area (Å²) in [6.07, 6.45) is 0.889. The Kier molecular flexibility index (Phi) is 6.67. The molecule has 0 heterocycles. The molecule has 24 heavy (non-hydrogen) atoms. The van der Waals surface area contributed by atoms with Gasteiger partial charge in [-0.1, -0.05) is 30.3 Å². The normalized spacial score (nSPS) is 10.3. The molecule has 4 nitrogen and oxygen atoms in total. The molecule has 0 saturated carbocycles. The maximum Gasteiger partial charge on any atom is 0.257 e. The lowest BCUT2D eigenvalue weighted by Crippen LogP contribution is -2.31. The molecule has 0 aliphatic heterocycles. The number of nitrogens with zero attached hydrogens (tertiary/aromatic N) is 1. The van der Waals surface area contributed by atoms with E-state index in [4.69, 9.17) is 4.74 Å². The van der Waals surface area contributed by atoms with Gasteiger partial charge in [-0.15, -0.1) is 0 Å².